The number of rotatable bonds is 4. The Balaban J connectivity index is 1.97. The first-order chi connectivity index (χ1) is 8.86. The van der Waals surface area contributed by atoms with Crippen LogP contribution in [0.25, 0.3) is 16.2 Å². The highest BCUT2D eigenvalue weighted by Gasteiger charge is 2.05. The minimum Gasteiger partial charge on any atom is -0.384 e. The zero-order chi connectivity index (χ0) is 12.4. The van der Waals surface area contributed by atoms with Crippen molar-refractivity contribution in [1.82, 2.24) is 9.38 Å². The van der Waals surface area contributed by atoms with E-state index in [9.17, 15) is 0 Å². The van der Waals surface area contributed by atoms with Crippen molar-refractivity contribution in [2.24, 2.45) is 0 Å². The smallest absolute Gasteiger partial charge is 0.137 e. The predicted molar refractivity (Wildman–Crippen MR) is 77.3 cm³/mol. The van der Waals surface area contributed by atoms with Crippen LogP contribution in [0.15, 0.2) is 42.0 Å². The summed E-state index contributed by atoms with van der Waals surface area (Å²) in [5.74, 6) is 0. The summed E-state index contributed by atoms with van der Waals surface area (Å²) < 4.78 is 2.08. The molecule has 3 rings (SSSR count). The Kier molecular flexibility index (Phi) is 3.02. The van der Waals surface area contributed by atoms with Crippen molar-refractivity contribution in [1.29, 1.82) is 0 Å². The van der Waals surface area contributed by atoms with Gasteiger partial charge in [-0.3, -0.25) is 0 Å². The molecule has 0 aliphatic heterocycles. The molecule has 18 heavy (non-hydrogen) atoms. The molecular formula is C14H15N3S. The lowest BCUT2D eigenvalue weighted by molar-refractivity contribution is 0.976. The lowest BCUT2D eigenvalue weighted by Crippen LogP contribution is -2.00. The second-order valence-corrected chi connectivity index (χ2v) is 5.16. The van der Waals surface area contributed by atoms with E-state index in [0.717, 1.165) is 30.0 Å². The number of thiophene rings is 1. The van der Waals surface area contributed by atoms with E-state index in [1.807, 2.05) is 0 Å². The maximum atomic E-state index is 4.62. The highest BCUT2D eigenvalue weighted by molar-refractivity contribution is 7.13. The van der Waals surface area contributed by atoms with Gasteiger partial charge < -0.3 is 9.72 Å². The maximum absolute atomic E-state index is 4.62. The molecule has 92 valence electrons. The van der Waals surface area contributed by atoms with E-state index in [1.54, 1.807) is 11.3 Å². The van der Waals surface area contributed by atoms with E-state index in [1.165, 1.54) is 4.88 Å². The number of nitrogens with zero attached hydrogens (tertiary/aromatic N) is 2. The first-order valence-corrected chi connectivity index (χ1v) is 7.01. The van der Waals surface area contributed by atoms with Gasteiger partial charge in [-0.15, -0.1) is 11.3 Å². The average molecular weight is 257 g/mol. The van der Waals surface area contributed by atoms with E-state index in [4.69, 9.17) is 0 Å². The molecule has 3 nitrogen and oxygen atoms in total. The molecule has 0 unspecified atom stereocenters. The molecule has 0 radical (unpaired) electrons. The monoisotopic (exact) mass is 257 g/mol. The van der Waals surface area contributed by atoms with Crippen molar-refractivity contribution in [2.75, 3.05) is 11.9 Å². The molecule has 0 aromatic carbocycles. The van der Waals surface area contributed by atoms with Crippen molar-refractivity contribution >= 4 is 22.7 Å². The Bertz CT molecular complexity index is 640. The Morgan fingerprint density at radius 1 is 1.28 bits per heavy atom. The standard InChI is InChI=1S/C14H15N3S/c1-2-7-15-11-5-6-14-16-12(10-17(14)9-11)13-4-3-8-18-13/h3-6,8-10,15H,2,7H2,1H3. The van der Waals surface area contributed by atoms with Gasteiger partial charge in [0, 0.05) is 18.9 Å². The van der Waals surface area contributed by atoms with Gasteiger partial charge in [0.05, 0.1) is 16.3 Å². The summed E-state index contributed by atoms with van der Waals surface area (Å²) in [5, 5.41) is 5.46. The van der Waals surface area contributed by atoms with Crippen molar-refractivity contribution in [3.8, 4) is 10.6 Å². The van der Waals surface area contributed by atoms with Gasteiger partial charge in [0.15, 0.2) is 0 Å². The van der Waals surface area contributed by atoms with Gasteiger partial charge in [-0.25, -0.2) is 4.98 Å². The van der Waals surface area contributed by atoms with E-state index in [-0.39, 0.29) is 0 Å². The minimum atomic E-state index is 0.987. The average Bonchev–Trinajstić information content (AvgIpc) is 3.03. The molecule has 3 heterocycles. The van der Waals surface area contributed by atoms with Crippen LogP contribution < -0.4 is 5.32 Å². The topological polar surface area (TPSA) is 29.3 Å². The third-order valence-electron chi connectivity index (χ3n) is 2.80. The van der Waals surface area contributed by atoms with Crippen molar-refractivity contribution in [3.63, 3.8) is 0 Å². The first kappa shape index (κ1) is 11.3. The van der Waals surface area contributed by atoms with Gasteiger partial charge in [0.2, 0.25) is 0 Å². The fourth-order valence-corrected chi connectivity index (χ4v) is 2.59. The van der Waals surface area contributed by atoms with Crippen LogP contribution >= 0.6 is 11.3 Å². The summed E-state index contributed by atoms with van der Waals surface area (Å²) in [6.07, 6.45) is 5.30. The molecule has 0 fully saturated rings. The van der Waals surface area contributed by atoms with E-state index in [2.05, 4.69) is 63.7 Å². The molecular weight excluding hydrogens is 242 g/mol. The van der Waals surface area contributed by atoms with Crippen LogP contribution in [-0.4, -0.2) is 15.9 Å². The fraction of sp³-hybridized carbons (Fsp3) is 0.214. The molecule has 0 saturated carbocycles. The minimum absolute atomic E-state index is 0.987. The molecule has 0 bridgehead atoms. The number of imidazole rings is 1. The lowest BCUT2D eigenvalue weighted by atomic mass is 10.4. The number of hydrogen-bond donors (Lipinski definition) is 1. The summed E-state index contributed by atoms with van der Waals surface area (Å²) >= 11 is 1.72. The van der Waals surface area contributed by atoms with Crippen molar-refractivity contribution < 1.29 is 0 Å². The van der Waals surface area contributed by atoms with Gasteiger partial charge >= 0.3 is 0 Å². The van der Waals surface area contributed by atoms with E-state index < -0.39 is 0 Å². The van der Waals surface area contributed by atoms with Crippen LogP contribution in [0, 0.1) is 0 Å². The molecule has 0 amide bonds. The van der Waals surface area contributed by atoms with Crippen molar-refractivity contribution in [3.05, 3.63) is 42.0 Å². The Hall–Kier alpha value is -1.81. The van der Waals surface area contributed by atoms with Crippen LogP contribution in [0.5, 0.6) is 0 Å². The summed E-state index contributed by atoms with van der Waals surface area (Å²) in [5.41, 5.74) is 3.16. The summed E-state index contributed by atoms with van der Waals surface area (Å²) in [4.78, 5) is 5.83. The Morgan fingerprint density at radius 3 is 3.00 bits per heavy atom. The molecule has 0 aliphatic carbocycles. The Morgan fingerprint density at radius 2 is 2.22 bits per heavy atom. The summed E-state index contributed by atoms with van der Waals surface area (Å²) in [7, 11) is 0. The van der Waals surface area contributed by atoms with Crippen molar-refractivity contribution in [2.45, 2.75) is 13.3 Å². The van der Waals surface area contributed by atoms with Crippen LogP contribution in [0.3, 0.4) is 0 Å². The molecule has 1 N–H and O–H groups in total. The number of pyridine rings is 1. The molecule has 3 aromatic heterocycles. The third-order valence-corrected chi connectivity index (χ3v) is 3.70. The van der Waals surface area contributed by atoms with Gasteiger partial charge in [0.1, 0.15) is 5.65 Å². The van der Waals surface area contributed by atoms with Gasteiger partial charge in [-0.05, 0) is 30.0 Å². The van der Waals surface area contributed by atoms with Crippen LogP contribution in [-0.2, 0) is 0 Å². The van der Waals surface area contributed by atoms with Crippen LogP contribution in [0.2, 0.25) is 0 Å². The summed E-state index contributed by atoms with van der Waals surface area (Å²) in [6.45, 7) is 3.16. The number of fused-ring (bicyclic) bond motifs is 1. The molecule has 0 saturated heterocycles. The molecule has 0 aliphatic rings. The van der Waals surface area contributed by atoms with Gasteiger partial charge in [-0.2, -0.15) is 0 Å². The first-order valence-electron chi connectivity index (χ1n) is 6.13. The predicted octanol–water partition coefficient (Wildman–Crippen LogP) is 3.88. The van der Waals surface area contributed by atoms with Gasteiger partial charge in [0.25, 0.3) is 0 Å². The SMILES string of the molecule is CCCNc1ccc2nc(-c3cccs3)cn2c1. The molecule has 0 atom stereocenters. The van der Waals surface area contributed by atoms with Gasteiger partial charge in [-0.1, -0.05) is 13.0 Å². The van der Waals surface area contributed by atoms with Crippen LogP contribution in [0.1, 0.15) is 13.3 Å². The largest absolute Gasteiger partial charge is 0.384 e. The quantitative estimate of drug-likeness (QED) is 0.768. The van der Waals surface area contributed by atoms with Crippen LogP contribution in [0.4, 0.5) is 5.69 Å². The number of anilines is 1. The number of aromatic nitrogens is 2. The zero-order valence-corrected chi connectivity index (χ0v) is 11.1. The Labute approximate surface area is 110 Å². The van der Waals surface area contributed by atoms with E-state index in [0.29, 0.717) is 0 Å². The zero-order valence-electron chi connectivity index (χ0n) is 10.3. The second-order valence-electron chi connectivity index (χ2n) is 4.21. The normalized spacial score (nSPS) is 10.9. The number of nitrogens with one attached hydrogen (secondary N) is 1. The maximum Gasteiger partial charge on any atom is 0.137 e. The highest BCUT2D eigenvalue weighted by Crippen LogP contribution is 2.24. The van der Waals surface area contributed by atoms with E-state index >= 15 is 0 Å². The molecule has 0 spiro atoms. The summed E-state index contributed by atoms with van der Waals surface area (Å²) in [6, 6.07) is 8.28. The third kappa shape index (κ3) is 2.11. The second kappa shape index (κ2) is 4.82. The highest BCUT2D eigenvalue weighted by atomic mass is 32.1. The molecule has 3 aromatic rings. The number of hydrogen-bond acceptors (Lipinski definition) is 3. The fourth-order valence-electron chi connectivity index (χ4n) is 1.91. The lowest BCUT2D eigenvalue weighted by Gasteiger charge is -2.04. The molecule has 4 heteroatoms.